The molecule has 2 atom stereocenters. The quantitative estimate of drug-likeness (QED) is 0.664. The lowest BCUT2D eigenvalue weighted by Gasteiger charge is -2.42. The van der Waals surface area contributed by atoms with E-state index < -0.39 is 0 Å². The Morgan fingerprint density at radius 3 is 2.43 bits per heavy atom. The van der Waals surface area contributed by atoms with Crippen LogP contribution in [0.15, 0.2) is 0 Å². The van der Waals surface area contributed by atoms with Crippen LogP contribution >= 0.6 is 24.8 Å². The molecule has 0 aromatic heterocycles. The highest BCUT2D eigenvalue weighted by molar-refractivity contribution is 5.85. The molecule has 1 rings (SSSR count). The highest BCUT2D eigenvalue weighted by Gasteiger charge is 2.30. The van der Waals surface area contributed by atoms with Crippen molar-refractivity contribution in [1.82, 2.24) is 9.80 Å². The Hall–Kier alpha value is -0.0700. The maximum atomic E-state index is 12.4. The lowest BCUT2D eigenvalue weighted by atomic mass is 10.0. The van der Waals surface area contributed by atoms with Crippen molar-refractivity contribution in [1.29, 1.82) is 0 Å². The average molecular weight is 372 g/mol. The van der Waals surface area contributed by atoms with Gasteiger partial charge in [-0.3, -0.25) is 9.69 Å². The van der Waals surface area contributed by atoms with Gasteiger partial charge in [0, 0.05) is 38.8 Å². The van der Waals surface area contributed by atoms with Crippen LogP contribution in [0.2, 0.25) is 0 Å². The van der Waals surface area contributed by atoms with E-state index in [1.807, 2.05) is 11.8 Å². The molecule has 1 aliphatic rings. The molecular weight excluding hydrogens is 337 g/mol. The van der Waals surface area contributed by atoms with Gasteiger partial charge in [0.2, 0.25) is 5.91 Å². The summed E-state index contributed by atoms with van der Waals surface area (Å²) in [6, 6.07) is 0.0758. The molecule has 1 aliphatic heterocycles. The minimum Gasteiger partial charge on any atom is -0.380 e. The number of carbonyl (C=O) groups is 1. The van der Waals surface area contributed by atoms with Crippen molar-refractivity contribution in [2.75, 3.05) is 39.4 Å². The monoisotopic (exact) mass is 371 g/mol. The fourth-order valence-electron chi connectivity index (χ4n) is 2.94. The van der Waals surface area contributed by atoms with Gasteiger partial charge in [-0.15, -0.1) is 24.8 Å². The van der Waals surface area contributed by atoms with E-state index in [4.69, 9.17) is 10.5 Å². The van der Waals surface area contributed by atoms with Crippen LogP contribution < -0.4 is 5.73 Å². The summed E-state index contributed by atoms with van der Waals surface area (Å²) in [5, 5.41) is 0. The zero-order valence-electron chi connectivity index (χ0n) is 15.0. The van der Waals surface area contributed by atoms with Crippen LogP contribution in [-0.4, -0.2) is 67.2 Å². The van der Waals surface area contributed by atoms with E-state index in [0.29, 0.717) is 12.0 Å². The minimum absolute atomic E-state index is 0. The summed E-state index contributed by atoms with van der Waals surface area (Å²) in [4.78, 5) is 16.8. The minimum atomic E-state index is -0.350. The number of hydrogen-bond acceptors (Lipinski definition) is 4. The third-order valence-corrected chi connectivity index (χ3v) is 4.16. The maximum Gasteiger partial charge on any atom is 0.239 e. The summed E-state index contributed by atoms with van der Waals surface area (Å²) in [5.41, 5.74) is 6.04. The van der Waals surface area contributed by atoms with Gasteiger partial charge < -0.3 is 15.4 Å². The topological polar surface area (TPSA) is 58.8 Å². The smallest absolute Gasteiger partial charge is 0.239 e. The predicted octanol–water partition coefficient (Wildman–Crippen LogP) is 2.16. The lowest BCUT2D eigenvalue weighted by Crippen LogP contribution is -2.58. The lowest BCUT2D eigenvalue weighted by molar-refractivity contribution is -0.136. The molecule has 0 aromatic carbocycles. The Kier molecular flexibility index (Phi) is 14.5. The molecular formula is C16H35Cl2N3O2. The molecule has 140 valence electrons. The highest BCUT2D eigenvalue weighted by atomic mass is 35.5. The second-order valence-electron chi connectivity index (χ2n) is 6.32. The fourth-order valence-corrected chi connectivity index (χ4v) is 2.94. The summed E-state index contributed by atoms with van der Waals surface area (Å²) in [7, 11) is 0. The Morgan fingerprint density at radius 1 is 1.26 bits per heavy atom. The Morgan fingerprint density at radius 2 is 1.91 bits per heavy atom. The van der Waals surface area contributed by atoms with Gasteiger partial charge >= 0.3 is 0 Å². The van der Waals surface area contributed by atoms with E-state index in [-0.39, 0.29) is 36.8 Å². The molecule has 0 bridgehead atoms. The first-order chi connectivity index (χ1) is 9.99. The summed E-state index contributed by atoms with van der Waals surface area (Å²) >= 11 is 0. The van der Waals surface area contributed by atoms with Crippen LogP contribution in [0.25, 0.3) is 0 Å². The first-order valence-electron chi connectivity index (χ1n) is 8.35. The average Bonchev–Trinajstić information content (AvgIpc) is 2.46. The van der Waals surface area contributed by atoms with Gasteiger partial charge in [0.15, 0.2) is 0 Å². The molecule has 7 heteroatoms. The number of halogens is 2. The summed E-state index contributed by atoms with van der Waals surface area (Å²) in [6.45, 7) is 13.4. The maximum absolute atomic E-state index is 12.4. The number of piperazine rings is 1. The summed E-state index contributed by atoms with van der Waals surface area (Å²) in [6.07, 6.45) is 1.81. The van der Waals surface area contributed by atoms with Crippen molar-refractivity contribution < 1.29 is 9.53 Å². The van der Waals surface area contributed by atoms with Crippen molar-refractivity contribution in [2.24, 2.45) is 11.7 Å². The number of amides is 1. The van der Waals surface area contributed by atoms with Crippen LogP contribution in [-0.2, 0) is 9.53 Å². The van der Waals surface area contributed by atoms with Crippen LogP contribution in [0.5, 0.6) is 0 Å². The van der Waals surface area contributed by atoms with Crippen molar-refractivity contribution in [3.63, 3.8) is 0 Å². The molecule has 0 saturated carbocycles. The Bertz CT molecular complexity index is 320. The predicted molar refractivity (Wildman–Crippen MR) is 101 cm³/mol. The van der Waals surface area contributed by atoms with Gasteiger partial charge in [0.1, 0.15) is 0 Å². The standard InChI is InChI=1S/C16H33N3O2.2ClH/c1-5-14-12-19(16(20)15(17)11-13(3)4)8-7-18(14)9-10-21-6-2;;/h13-15H,5-12,17H2,1-4H3;2*1H/t14?,15-;;/m0../s1. The zero-order chi connectivity index (χ0) is 15.8. The zero-order valence-corrected chi connectivity index (χ0v) is 16.6. The van der Waals surface area contributed by atoms with Gasteiger partial charge in [-0.2, -0.15) is 0 Å². The SMILES string of the molecule is CCOCCN1CCN(C(=O)[C@@H](N)CC(C)C)CC1CC.Cl.Cl. The third-order valence-electron chi connectivity index (χ3n) is 4.16. The van der Waals surface area contributed by atoms with E-state index >= 15 is 0 Å². The first-order valence-corrected chi connectivity index (χ1v) is 8.35. The normalized spacial score (nSPS) is 19.9. The van der Waals surface area contributed by atoms with Crippen molar-refractivity contribution in [2.45, 2.75) is 52.6 Å². The Labute approximate surface area is 154 Å². The molecule has 23 heavy (non-hydrogen) atoms. The second-order valence-corrected chi connectivity index (χ2v) is 6.32. The molecule has 1 amide bonds. The summed E-state index contributed by atoms with van der Waals surface area (Å²) < 4.78 is 5.44. The summed E-state index contributed by atoms with van der Waals surface area (Å²) in [5.74, 6) is 0.574. The van der Waals surface area contributed by atoms with Crippen molar-refractivity contribution in [3.8, 4) is 0 Å². The molecule has 2 N–H and O–H groups in total. The number of rotatable bonds is 8. The largest absolute Gasteiger partial charge is 0.380 e. The van der Waals surface area contributed by atoms with Crippen LogP contribution in [0.4, 0.5) is 0 Å². The third kappa shape index (κ3) is 8.54. The number of nitrogens with two attached hydrogens (primary N) is 1. The van der Waals surface area contributed by atoms with E-state index in [1.165, 1.54) is 0 Å². The van der Waals surface area contributed by atoms with E-state index in [0.717, 1.165) is 52.2 Å². The molecule has 1 saturated heterocycles. The Balaban J connectivity index is 0. The molecule has 0 aliphatic carbocycles. The van der Waals surface area contributed by atoms with Crippen LogP contribution in [0, 0.1) is 5.92 Å². The van der Waals surface area contributed by atoms with Crippen LogP contribution in [0.3, 0.4) is 0 Å². The molecule has 1 heterocycles. The number of nitrogens with zero attached hydrogens (tertiary/aromatic N) is 2. The number of hydrogen-bond donors (Lipinski definition) is 1. The number of ether oxygens (including phenoxy) is 1. The van der Waals surface area contributed by atoms with Crippen LogP contribution in [0.1, 0.15) is 40.5 Å². The molecule has 0 spiro atoms. The van der Waals surface area contributed by atoms with Gasteiger partial charge in [-0.1, -0.05) is 20.8 Å². The molecule has 0 radical (unpaired) electrons. The van der Waals surface area contributed by atoms with E-state index in [1.54, 1.807) is 0 Å². The fraction of sp³-hybridized carbons (Fsp3) is 0.938. The second kappa shape index (κ2) is 13.2. The molecule has 1 unspecified atom stereocenters. The van der Waals surface area contributed by atoms with Crippen molar-refractivity contribution >= 4 is 30.7 Å². The highest BCUT2D eigenvalue weighted by Crippen LogP contribution is 2.15. The first kappa shape index (κ1) is 25.2. The molecule has 1 fully saturated rings. The molecule has 0 aromatic rings. The van der Waals surface area contributed by atoms with E-state index in [2.05, 4.69) is 25.7 Å². The van der Waals surface area contributed by atoms with E-state index in [9.17, 15) is 4.79 Å². The van der Waals surface area contributed by atoms with Gasteiger partial charge in [-0.05, 0) is 25.7 Å². The number of carbonyl (C=O) groups excluding carboxylic acids is 1. The van der Waals surface area contributed by atoms with Gasteiger partial charge in [0.25, 0.3) is 0 Å². The molecule has 5 nitrogen and oxygen atoms in total. The van der Waals surface area contributed by atoms with Crippen molar-refractivity contribution in [3.05, 3.63) is 0 Å². The van der Waals surface area contributed by atoms with Gasteiger partial charge in [0.05, 0.1) is 12.6 Å². The van der Waals surface area contributed by atoms with Gasteiger partial charge in [-0.25, -0.2) is 0 Å².